The predicted molar refractivity (Wildman–Crippen MR) is 108 cm³/mol. The number of hydrogen-bond donors (Lipinski definition) is 2. The summed E-state index contributed by atoms with van der Waals surface area (Å²) in [5, 5.41) is 6.37. The Kier molecular flexibility index (Phi) is 8.91. The molecule has 1 aromatic carbocycles. The fraction of sp³-hybridized carbons (Fsp3) is 0.650. The molecule has 2 N–H and O–H groups in total. The molecule has 142 valence electrons. The highest BCUT2D eigenvalue weighted by Gasteiger charge is 2.20. The average Bonchev–Trinajstić information content (AvgIpc) is 2.54. The van der Waals surface area contributed by atoms with Crippen molar-refractivity contribution in [1.29, 1.82) is 0 Å². The van der Waals surface area contributed by atoms with E-state index in [4.69, 9.17) is 0 Å². The van der Waals surface area contributed by atoms with E-state index >= 15 is 0 Å². The average molecular weight is 368 g/mol. The topological polar surface area (TPSA) is 44.4 Å². The molecule has 0 bridgehead atoms. The van der Waals surface area contributed by atoms with Gasteiger partial charge in [-0.15, -0.1) is 12.4 Å². The maximum absolute atomic E-state index is 12.1. The van der Waals surface area contributed by atoms with E-state index in [0.29, 0.717) is 19.1 Å². The van der Waals surface area contributed by atoms with Gasteiger partial charge in [0.25, 0.3) is 0 Å². The van der Waals surface area contributed by atoms with Crippen molar-refractivity contribution < 1.29 is 4.79 Å². The molecule has 25 heavy (non-hydrogen) atoms. The lowest BCUT2D eigenvalue weighted by molar-refractivity contribution is -0.122. The predicted octanol–water partition coefficient (Wildman–Crippen LogP) is 2.75. The number of benzene rings is 1. The molecule has 1 heterocycles. The number of carbonyl (C=O) groups is 1. The quantitative estimate of drug-likeness (QED) is 0.812. The van der Waals surface area contributed by atoms with E-state index in [1.54, 1.807) is 0 Å². The molecule has 1 amide bonds. The SMILES string of the molecule is CNC1CCCN(CC(=O)NCCc2ccc(C(C)(C)C)cc2)C1.Cl. The number of piperidine rings is 1. The third-order valence-corrected chi connectivity index (χ3v) is 4.84. The van der Waals surface area contributed by atoms with Crippen LogP contribution >= 0.6 is 12.4 Å². The van der Waals surface area contributed by atoms with Gasteiger partial charge < -0.3 is 10.6 Å². The van der Waals surface area contributed by atoms with Crippen LogP contribution in [0.1, 0.15) is 44.7 Å². The van der Waals surface area contributed by atoms with Crippen molar-refractivity contribution >= 4 is 18.3 Å². The molecule has 0 aromatic heterocycles. The molecule has 4 nitrogen and oxygen atoms in total. The fourth-order valence-corrected chi connectivity index (χ4v) is 3.21. The molecule has 1 saturated heterocycles. The number of carbonyl (C=O) groups excluding carboxylic acids is 1. The number of nitrogens with zero attached hydrogens (tertiary/aromatic N) is 1. The Morgan fingerprint density at radius 1 is 1.24 bits per heavy atom. The molecule has 1 aliphatic rings. The van der Waals surface area contributed by atoms with Gasteiger partial charge in [0.15, 0.2) is 0 Å². The molecular formula is C20H34ClN3O. The third kappa shape index (κ3) is 7.35. The highest BCUT2D eigenvalue weighted by Crippen LogP contribution is 2.22. The van der Waals surface area contributed by atoms with Crippen LogP contribution in [0.4, 0.5) is 0 Å². The van der Waals surface area contributed by atoms with Crippen molar-refractivity contribution in [2.45, 2.75) is 51.5 Å². The van der Waals surface area contributed by atoms with Gasteiger partial charge in [0.2, 0.25) is 5.91 Å². The van der Waals surface area contributed by atoms with Crippen molar-refractivity contribution in [3.05, 3.63) is 35.4 Å². The van der Waals surface area contributed by atoms with Crippen LogP contribution in [-0.4, -0.2) is 50.1 Å². The summed E-state index contributed by atoms with van der Waals surface area (Å²) in [6, 6.07) is 9.27. The van der Waals surface area contributed by atoms with E-state index in [1.165, 1.54) is 24.0 Å². The normalized spacial score (nSPS) is 18.5. The molecule has 5 heteroatoms. The molecular weight excluding hydrogens is 334 g/mol. The summed E-state index contributed by atoms with van der Waals surface area (Å²) in [6.45, 7) is 9.89. The second-order valence-electron chi connectivity index (χ2n) is 7.91. The molecule has 1 unspecified atom stereocenters. The molecule has 1 aromatic rings. The minimum atomic E-state index is 0. The summed E-state index contributed by atoms with van der Waals surface area (Å²) < 4.78 is 0. The molecule has 0 saturated carbocycles. The van der Waals surface area contributed by atoms with Crippen molar-refractivity contribution in [2.24, 2.45) is 0 Å². The van der Waals surface area contributed by atoms with E-state index in [-0.39, 0.29) is 23.7 Å². The first-order valence-corrected chi connectivity index (χ1v) is 9.14. The van der Waals surface area contributed by atoms with Gasteiger partial charge >= 0.3 is 0 Å². The molecule has 1 fully saturated rings. The fourth-order valence-electron chi connectivity index (χ4n) is 3.21. The summed E-state index contributed by atoms with van der Waals surface area (Å²) >= 11 is 0. The van der Waals surface area contributed by atoms with Crippen LogP contribution in [0.15, 0.2) is 24.3 Å². The number of likely N-dealkylation sites (N-methyl/N-ethyl adjacent to an activating group) is 1. The van der Waals surface area contributed by atoms with Crippen LogP contribution in [0.25, 0.3) is 0 Å². The molecule has 1 atom stereocenters. The Bertz CT molecular complexity index is 525. The van der Waals surface area contributed by atoms with E-state index in [9.17, 15) is 4.79 Å². The zero-order valence-electron chi connectivity index (χ0n) is 16.1. The minimum Gasteiger partial charge on any atom is -0.355 e. The van der Waals surface area contributed by atoms with Crippen molar-refractivity contribution in [1.82, 2.24) is 15.5 Å². The van der Waals surface area contributed by atoms with Gasteiger partial charge in [-0.25, -0.2) is 0 Å². The summed E-state index contributed by atoms with van der Waals surface area (Å²) in [7, 11) is 2.00. The van der Waals surface area contributed by atoms with Gasteiger partial charge in [-0.3, -0.25) is 9.69 Å². The Labute approximate surface area is 159 Å². The maximum atomic E-state index is 12.1. The molecule has 2 rings (SSSR count). The molecule has 0 radical (unpaired) electrons. The smallest absolute Gasteiger partial charge is 0.234 e. The van der Waals surface area contributed by atoms with Crippen LogP contribution in [0.5, 0.6) is 0 Å². The Morgan fingerprint density at radius 2 is 1.92 bits per heavy atom. The summed E-state index contributed by atoms with van der Waals surface area (Å²) in [5.74, 6) is 0.137. The van der Waals surface area contributed by atoms with Crippen LogP contribution in [0, 0.1) is 0 Å². The highest BCUT2D eigenvalue weighted by atomic mass is 35.5. The van der Waals surface area contributed by atoms with Crippen LogP contribution in [-0.2, 0) is 16.6 Å². The first-order valence-electron chi connectivity index (χ1n) is 9.14. The van der Waals surface area contributed by atoms with Gasteiger partial charge in [0, 0.05) is 19.1 Å². The Morgan fingerprint density at radius 3 is 2.52 bits per heavy atom. The third-order valence-electron chi connectivity index (χ3n) is 4.84. The lowest BCUT2D eigenvalue weighted by atomic mass is 9.86. The van der Waals surface area contributed by atoms with E-state index in [0.717, 1.165) is 19.5 Å². The number of halogens is 1. The van der Waals surface area contributed by atoms with E-state index in [1.807, 2.05) is 7.05 Å². The van der Waals surface area contributed by atoms with Gasteiger partial charge in [-0.2, -0.15) is 0 Å². The standard InChI is InChI=1S/C20H33N3O.ClH/c1-20(2,3)17-9-7-16(8-10-17)11-12-22-19(24)15-23-13-5-6-18(14-23)21-4;/h7-10,18,21H,5-6,11-15H2,1-4H3,(H,22,24);1H. The summed E-state index contributed by atoms with van der Waals surface area (Å²) in [4.78, 5) is 14.4. The number of amides is 1. The van der Waals surface area contributed by atoms with Gasteiger partial charge in [0.1, 0.15) is 0 Å². The van der Waals surface area contributed by atoms with Crippen LogP contribution < -0.4 is 10.6 Å². The van der Waals surface area contributed by atoms with Gasteiger partial charge in [-0.1, -0.05) is 45.0 Å². The number of rotatable bonds is 6. The van der Waals surface area contributed by atoms with Gasteiger partial charge in [-0.05, 0) is 49.4 Å². The first kappa shape index (κ1) is 21.9. The second kappa shape index (κ2) is 10.1. The summed E-state index contributed by atoms with van der Waals surface area (Å²) in [6.07, 6.45) is 3.26. The van der Waals surface area contributed by atoms with E-state index < -0.39 is 0 Å². The number of hydrogen-bond acceptors (Lipinski definition) is 3. The zero-order valence-corrected chi connectivity index (χ0v) is 16.9. The molecule has 1 aliphatic heterocycles. The van der Waals surface area contributed by atoms with Crippen molar-refractivity contribution in [3.63, 3.8) is 0 Å². The van der Waals surface area contributed by atoms with Crippen molar-refractivity contribution in [2.75, 3.05) is 33.2 Å². The molecule has 0 aliphatic carbocycles. The lowest BCUT2D eigenvalue weighted by Gasteiger charge is -2.31. The van der Waals surface area contributed by atoms with Crippen molar-refractivity contribution in [3.8, 4) is 0 Å². The lowest BCUT2D eigenvalue weighted by Crippen LogP contribution is -2.48. The molecule has 0 spiro atoms. The highest BCUT2D eigenvalue weighted by molar-refractivity contribution is 5.85. The number of likely N-dealkylation sites (tertiary alicyclic amines) is 1. The van der Waals surface area contributed by atoms with E-state index in [2.05, 4.69) is 60.6 Å². The second-order valence-corrected chi connectivity index (χ2v) is 7.91. The van der Waals surface area contributed by atoms with Crippen LogP contribution in [0.2, 0.25) is 0 Å². The van der Waals surface area contributed by atoms with Gasteiger partial charge in [0.05, 0.1) is 6.54 Å². The minimum absolute atomic E-state index is 0. The number of nitrogens with one attached hydrogen (secondary N) is 2. The maximum Gasteiger partial charge on any atom is 0.234 e. The Hall–Kier alpha value is -1.10. The Balaban J connectivity index is 0.00000312. The first-order chi connectivity index (χ1) is 11.4. The zero-order chi connectivity index (χ0) is 17.6. The van der Waals surface area contributed by atoms with Crippen LogP contribution in [0.3, 0.4) is 0 Å². The monoisotopic (exact) mass is 367 g/mol. The summed E-state index contributed by atoms with van der Waals surface area (Å²) in [5.41, 5.74) is 2.81. The largest absolute Gasteiger partial charge is 0.355 e.